The van der Waals surface area contributed by atoms with E-state index in [0.29, 0.717) is 22.2 Å². The highest BCUT2D eigenvalue weighted by Gasteiger charge is 2.09. The Bertz CT molecular complexity index is 933. The standard InChI is InChI=1S/C17H12BrN5OS/c18-13-6-4-12(5-7-13)16-21-17(23-22-16)25-10-15(24)20-14-3-1-2-11(8-14)9-19/h1-8H,10H2,(H,20,24)(H,21,22,23). The molecule has 2 aromatic carbocycles. The number of halogens is 1. The van der Waals surface area contributed by atoms with Gasteiger partial charge >= 0.3 is 0 Å². The maximum Gasteiger partial charge on any atom is 0.234 e. The number of nitrogens with one attached hydrogen (secondary N) is 2. The van der Waals surface area contributed by atoms with E-state index < -0.39 is 0 Å². The van der Waals surface area contributed by atoms with E-state index >= 15 is 0 Å². The average Bonchev–Trinajstić information content (AvgIpc) is 3.10. The topological polar surface area (TPSA) is 94.5 Å². The molecule has 0 aliphatic carbocycles. The zero-order chi connectivity index (χ0) is 17.6. The molecule has 6 nitrogen and oxygen atoms in total. The Kier molecular flexibility index (Phi) is 5.48. The van der Waals surface area contributed by atoms with Gasteiger partial charge in [0.05, 0.1) is 17.4 Å². The molecule has 1 aromatic heterocycles. The van der Waals surface area contributed by atoms with Crippen molar-refractivity contribution < 1.29 is 4.79 Å². The van der Waals surface area contributed by atoms with Gasteiger partial charge in [-0.1, -0.05) is 45.9 Å². The molecular formula is C17H12BrN5OS. The van der Waals surface area contributed by atoms with Gasteiger partial charge in [0.2, 0.25) is 11.1 Å². The summed E-state index contributed by atoms with van der Waals surface area (Å²) in [5, 5.41) is 19.1. The molecule has 0 aliphatic rings. The summed E-state index contributed by atoms with van der Waals surface area (Å²) in [6.45, 7) is 0. The van der Waals surface area contributed by atoms with Crippen LogP contribution in [0.25, 0.3) is 11.4 Å². The molecule has 0 unspecified atom stereocenters. The first kappa shape index (κ1) is 17.2. The van der Waals surface area contributed by atoms with Crippen LogP contribution in [-0.2, 0) is 4.79 Å². The van der Waals surface area contributed by atoms with Crippen LogP contribution in [-0.4, -0.2) is 26.8 Å². The predicted octanol–water partition coefficient (Wildman–Crippen LogP) is 3.84. The summed E-state index contributed by atoms with van der Waals surface area (Å²) in [7, 11) is 0. The number of benzene rings is 2. The fourth-order valence-electron chi connectivity index (χ4n) is 2.04. The lowest BCUT2D eigenvalue weighted by atomic mass is 10.2. The summed E-state index contributed by atoms with van der Waals surface area (Å²) in [6, 6.07) is 16.5. The molecule has 0 spiro atoms. The summed E-state index contributed by atoms with van der Waals surface area (Å²) in [5.41, 5.74) is 2.01. The van der Waals surface area contributed by atoms with Crippen molar-refractivity contribution >= 4 is 39.3 Å². The van der Waals surface area contributed by atoms with Gasteiger partial charge in [-0.2, -0.15) is 5.26 Å². The van der Waals surface area contributed by atoms with Gasteiger partial charge in [-0.05, 0) is 30.3 Å². The van der Waals surface area contributed by atoms with Crippen LogP contribution < -0.4 is 5.32 Å². The number of carbonyl (C=O) groups is 1. The van der Waals surface area contributed by atoms with E-state index in [1.807, 2.05) is 30.3 Å². The minimum absolute atomic E-state index is 0.175. The van der Waals surface area contributed by atoms with Crippen LogP contribution in [0, 0.1) is 11.3 Å². The van der Waals surface area contributed by atoms with E-state index in [-0.39, 0.29) is 11.7 Å². The van der Waals surface area contributed by atoms with Crippen molar-refractivity contribution in [3.8, 4) is 17.5 Å². The largest absolute Gasteiger partial charge is 0.325 e. The fourth-order valence-corrected chi connectivity index (χ4v) is 2.90. The third-order valence-corrected chi connectivity index (χ3v) is 4.57. The van der Waals surface area contributed by atoms with Crippen molar-refractivity contribution in [3.63, 3.8) is 0 Å². The third kappa shape index (κ3) is 4.68. The van der Waals surface area contributed by atoms with Crippen molar-refractivity contribution in [1.82, 2.24) is 15.2 Å². The molecule has 0 bridgehead atoms. The quantitative estimate of drug-likeness (QED) is 0.619. The van der Waals surface area contributed by atoms with Crippen molar-refractivity contribution in [2.24, 2.45) is 0 Å². The lowest BCUT2D eigenvalue weighted by Gasteiger charge is -2.03. The molecule has 1 amide bonds. The molecule has 0 aliphatic heterocycles. The Morgan fingerprint density at radius 3 is 2.84 bits per heavy atom. The number of rotatable bonds is 5. The smallest absolute Gasteiger partial charge is 0.234 e. The van der Waals surface area contributed by atoms with E-state index in [0.717, 1.165) is 10.0 Å². The molecule has 25 heavy (non-hydrogen) atoms. The molecular weight excluding hydrogens is 402 g/mol. The number of anilines is 1. The van der Waals surface area contributed by atoms with Gasteiger partial charge in [0.25, 0.3) is 0 Å². The molecule has 0 radical (unpaired) electrons. The second kappa shape index (κ2) is 7.96. The number of thioether (sulfide) groups is 1. The summed E-state index contributed by atoms with van der Waals surface area (Å²) >= 11 is 4.62. The summed E-state index contributed by atoms with van der Waals surface area (Å²) in [6.07, 6.45) is 0. The highest BCUT2D eigenvalue weighted by atomic mass is 79.9. The minimum atomic E-state index is -0.185. The number of aromatic nitrogens is 3. The summed E-state index contributed by atoms with van der Waals surface area (Å²) in [4.78, 5) is 16.4. The SMILES string of the molecule is N#Cc1cccc(NC(=O)CSc2n[nH]c(-c3ccc(Br)cc3)n2)c1. The van der Waals surface area contributed by atoms with E-state index in [9.17, 15) is 4.79 Å². The monoisotopic (exact) mass is 413 g/mol. The third-order valence-electron chi connectivity index (χ3n) is 3.19. The summed E-state index contributed by atoms with van der Waals surface area (Å²) in [5.74, 6) is 0.640. The zero-order valence-corrected chi connectivity index (χ0v) is 15.3. The Morgan fingerprint density at radius 2 is 2.08 bits per heavy atom. The molecule has 3 rings (SSSR count). The van der Waals surface area contributed by atoms with E-state index in [2.05, 4.69) is 36.4 Å². The van der Waals surface area contributed by atoms with E-state index in [1.165, 1.54) is 11.8 Å². The highest BCUT2D eigenvalue weighted by Crippen LogP contribution is 2.21. The minimum Gasteiger partial charge on any atom is -0.325 e. The maximum atomic E-state index is 12.0. The van der Waals surface area contributed by atoms with Crippen LogP contribution in [0.1, 0.15) is 5.56 Å². The zero-order valence-electron chi connectivity index (χ0n) is 12.9. The van der Waals surface area contributed by atoms with Gasteiger partial charge in [-0.15, -0.1) is 5.10 Å². The van der Waals surface area contributed by atoms with Crippen LogP contribution in [0.4, 0.5) is 5.69 Å². The first-order valence-corrected chi connectivity index (χ1v) is 9.03. The molecule has 8 heteroatoms. The van der Waals surface area contributed by atoms with Crippen LogP contribution in [0.5, 0.6) is 0 Å². The number of carbonyl (C=O) groups excluding carboxylic acids is 1. The molecule has 0 atom stereocenters. The molecule has 3 aromatic rings. The second-order valence-corrected chi connectivity index (χ2v) is 6.86. The van der Waals surface area contributed by atoms with Crippen molar-refractivity contribution in [1.29, 1.82) is 5.26 Å². The molecule has 124 valence electrons. The van der Waals surface area contributed by atoms with Crippen molar-refractivity contribution in [2.75, 3.05) is 11.1 Å². The van der Waals surface area contributed by atoms with Crippen molar-refractivity contribution in [3.05, 3.63) is 58.6 Å². The van der Waals surface area contributed by atoms with E-state index in [4.69, 9.17) is 5.26 Å². The number of nitrogens with zero attached hydrogens (tertiary/aromatic N) is 3. The predicted molar refractivity (Wildman–Crippen MR) is 100 cm³/mol. The Morgan fingerprint density at radius 1 is 1.28 bits per heavy atom. The lowest BCUT2D eigenvalue weighted by molar-refractivity contribution is -0.113. The molecule has 2 N–H and O–H groups in total. The van der Waals surface area contributed by atoms with E-state index in [1.54, 1.807) is 24.3 Å². The average molecular weight is 414 g/mol. The van der Waals surface area contributed by atoms with Gasteiger partial charge in [0.15, 0.2) is 5.82 Å². The molecule has 0 fully saturated rings. The number of hydrogen-bond donors (Lipinski definition) is 2. The number of nitriles is 1. The Hall–Kier alpha value is -2.63. The molecule has 1 heterocycles. The van der Waals surface area contributed by atoms with Gasteiger partial charge in [0, 0.05) is 15.7 Å². The highest BCUT2D eigenvalue weighted by molar-refractivity contribution is 9.10. The number of hydrogen-bond acceptors (Lipinski definition) is 5. The normalized spacial score (nSPS) is 10.2. The number of H-pyrrole nitrogens is 1. The fraction of sp³-hybridized carbons (Fsp3) is 0.0588. The van der Waals surface area contributed by atoms with Crippen LogP contribution >= 0.6 is 27.7 Å². The van der Waals surface area contributed by atoms with Gasteiger partial charge in [-0.3, -0.25) is 9.89 Å². The van der Waals surface area contributed by atoms with Gasteiger partial charge < -0.3 is 5.32 Å². The first-order chi connectivity index (χ1) is 12.1. The second-order valence-electron chi connectivity index (χ2n) is 5.00. The lowest BCUT2D eigenvalue weighted by Crippen LogP contribution is -2.14. The summed E-state index contributed by atoms with van der Waals surface area (Å²) < 4.78 is 0.988. The Balaban J connectivity index is 1.57. The van der Waals surface area contributed by atoms with Gasteiger partial charge in [-0.25, -0.2) is 4.98 Å². The number of aromatic amines is 1. The molecule has 0 saturated heterocycles. The first-order valence-electron chi connectivity index (χ1n) is 7.25. The maximum absolute atomic E-state index is 12.0. The molecule has 0 saturated carbocycles. The van der Waals surface area contributed by atoms with Crippen LogP contribution in [0.3, 0.4) is 0 Å². The van der Waals surface area contributed by atoms with Crippen LogP contribution in [0.2, 0.25) is 0 Å². The Labute approximate surface area is 156 Å². The van der Waals surface area contributed by atoms with Gasteiger partial charge in [0.1, 0.15) is 0 Å². The van der Waals surface area contributed by atoms with Crippen LogP contribution in [0.15, 0.2) is 58.2 Å². The van der Waals surface area contributed by atoms with Crippen molar-refractivity contribution in [2.45, 2.75) is 5.16 Å². The number of amides is 1.